The Balaban J connectivity index is 0.000000153. The van der Waals surface area contributed by atoms with Crippen LogP contribution in [0.15, 0.2) is 60.8 Å². The standard InChI is InChI=1S/C15H16NO.C13H9NO.Be/c1-10-9-11-5-3-7-13(17)14(11)15-12(10)6-4-8-16(15)2;15-11-5-1-3-9-6-7-10-4-2-8-14-13(10)12(9)11;/h3,5,8-9,13H,2,4,6-7H2,1H3;1-8,15H;/q-1;;+2. The molecule has 0 saturated heterocycles. The summed E-state index contributed by atoms with van der Waals surface area (Å²) in [4.78, 5) is 3.13. The number of hydrogen-bond acceptors (Lipinski definition) is 2. The molecule has 1 aromatic heterocycles. The Morgan fingerprint density at radius 2 is 1.88 bits per heavy atom. The minimum absolute atomic E-state index is 0. The van der Waals surface area contributed by atoms with E-state index in [1.807, 2.05) is 47.2 Å². The number of nitrogens with one attached hydrogen (secondary N) is 1. The third-order valence-corrected chi connectivity index (χ3v) is 6.34. The second-order valence-electron chi connectivity index (χ2n) is 8.40. The van der Waals surface area contributed by atoms with Gasteiger partial charge in [0.25, 0.3) is 0 Å². The number of aromatic amines is 1. The van der Waals surface area contributed by atoms with Crippen molar-refractivity contribution in [1.82, 2.24) is 0 Å². The van der Waals surface area contributed by atoms with Crippen molar-refractivity contribution < 1.29 is 19.8 Å². The van der Waals surface area contributed by atoms with Crippen molar-refractivity contribution in [2.24, 2.45) is 0 Å². The van der Waals surface area contributed by atoms with Crippen molar-refractivity contribution in [2.45, 2.75) is 32.3 Å². The summed E-state index contributed by atoms with van der Waals surface area (Å²) in [6.07, 6.45) is 9.95. The topological polar surface area (TPSA) is 63.3 Å². The van der Waals surface area contributed by atoms with Crippen molar-refractivity contribution in [1.29, 1.82) is 0 Å². The van der Waals surface area contributed by atoms with Crippen molar-refractivity contribution >= 4 is 49.8 Å². The third kappa shape index (κ3) is 4.04. The summed E-state index contributed by atoms with van der Waals surface area (Å²) in [5, 5.41) is 26.8. The van der Waals surface area contributed by atoms with Crippen LogP contribution in [-0.2, 0) is 6.42 Å². The van der Waals surface area contributed by atoms with Crippen LogP contribution in [0.4, 0.5) is 5.69 Å². The monoisotopic (exact) mass is 430 g/mol. The summed E-state index contributed by atoms with van der Waals surface area (Å²) >= 11 is 0. The van der Waals surface area contributed by atoms with Crippen LogP contribution in [0.1, 0.15) is 41.2 Å². The molecule has 5 heteroatoms. The first-order chi connectivity index (χ1) is 15.5. The number of hydrogen-bond donors (Lipinski definition) is 0. The molecule has 0 amide bonds. The van der Waals surface area contributed by atoms with Gasteiger partial charge in [0.2, 0.25) is 5.52 Å². The van der Waals surface area contributed by atoms with E-state index in [-0.39, 0.29) is 15.9 Å². The number of aromatic nitrogens is 1. The van der Waals surface area contributed by atoms with E-state index < -0.39 is 6.10 Å². The molecule has 6 rings (SSSR count). The van der Waals surface area contributed by atoms with Gasteiger partial charge in [-0.2, -0.15) is 0 Å². The minimum Gasteiger partial charge on any atom is -0.872 e. The summed E-state index contributed by atoms with van der Waals surface area (Å²) in [5.74, 6) is 0.0700. The fourth-order valence-electron chi connectivity index (χ4n) is 4.84. The van der Waals surface area contributed by atoms with Gasteiger partial charge in [0, 0.05) is 30.1 Å². The Morgan fingerprint density at radius 3 is 2.73 bits per heavy atom. The van der Waals surface area contributed by atoms with Gasteiger partial charge in [-0.05, 0) is 60.4 Å². The van der Waals surface area contributed by atoms with Gasteiger partial charge in [0.1, 0.15) is 5.69 Å². The van der Waals surface area contributed by atoms with Gasteiger partial charge in [0.15, 0.2) is 6.20 Å². The fourth-order valence-corrected chi connectivity index (χ4v) is 4.84. The first-order valence-corrected chi connectivity index (χ1v) is 11.0. The van der Waals surface area contributed by atoms with Crippen LogP contribution in [0.2, 0.25) is 0 Å². The van der Waals surface area contributed by atoms with E-state index in [1.54, 1.807) is 12.1 Å². The predicted molar refractivity (Wildman–Crippen MR) is 130 cm³/mol. The van der Waals surface area contributed by atoms with Gasteiger partial charge in [-0.1, -0.05) is 53.8 Å². The van der Waals surface area contributed by atoms with Crippen LogP contribution in [-0.4, -0.2) is 20.9 Å². The SMILES string of the molecule is [Be+2].[CH2-][N+]1=CCCc2c(C)cc3c(c21)C([O-])CC=C3.[O-]c1cccc2ccc3ccc[nH+]c3c12. The minimum atomic E-state index is -0.639. The molecule has 4 nitrogen and oxygen atoms in total. The average Bonchev–Trinajstić information content (AvgIpc) is 2.80. The molecule has 160 valence electrons. The van der Waals surface area contributed by atoms with Gasteiger partial charge in [-0.3, -0.25) is 0 Å². The summed E-state index contributed by atoms with van der Waals surface area (Å²) in [5.41, 5.74) is 6.59. The molecule has 4 aromatic rings. The fraction of sp³-hybridized carbons (Fsp3) is 0.179. The van der Waals surface area contributed by atoms with E-state index in [0.29, 0.717) is 6.42 Å². The zero-order valence-corrected chi connectivity index (χ0v) is 18.8. The quantitative estimate of drug-likeness (QED) is 0.185. The number of rotatable bonds is 0. The van der Waals surface area contributed by atoms with Crippen LogP contribution < -0.4 is 15.2 Å². The first-order valence-electron chi connectivity index (χ1n) is 11.0. The van der Waals surface area contributed by atoms with Gasteiger partial charge in [0.05, 0.1) is 0 Å². The second-order valence-corrected chi connectivity index (χ2v) is 8.40. The molecule has 1 aliphatic heterocycles. The molecule has 0 spiro atoms. The van der Waals surface area contributed by atoms with E-state index in [4.69, 9.17) is 0 Å². The van der Waals surface area contributed by atoms with Crippen molar-refractivity contribution in [2.75, 3.05) is 0 Å². The van der Waals surface area contributed by atoms with E-state index in [2.05, 4.69) is 37.3 Å². The Kier molecular flexibility index (Phi) is 6.33. The number of fused-ring (bicyclic) bond motifs is 6. The molecule has 0 saturated carbocycles. The molecule has 33 heavy (non-hydrogen) atoms. The Labute approximate surface area is 197 Å². The maximum absolute atomic E-state index is 12.2. The summed E-state index contributed by atoms with van der Waals surface area (Å²) in [7, 11) is 4.04. The summed E-state index contributed by atoms with van der Waals surface area (Å²) in [6.45, 7) is 2.13. The van der Waals surface area contributed by atoms with Gasteiger partial charge >= 0.3 is 10.1 Å². The molecule has 2 heterocycles. The molecule has 1 N–H and O–H groups in total. The van der Waals surface area contributed by atoms with Gasteiger partial charge < -0.3 is 14.8 Å². The number of nitrogens with zero attached hydrogens (tertiary/aromatic N) is 1. The number of benzene rings is 3. The number of H-pyrrole nitrogens is 1. The zero-order chi connectivity index (χ0) is 22.2. The van der Waals surface area contributed by atoms with Crippen LogP contribution in [0.3, 0.4) is 0 Å². The van der Waals surface area contributed by atoms with Crippen LogP contribution in [0.5, 0.6) is 5.75 Å². The maximum Gasteiger partial charge on any atom is 2.00 e. The molecule has 0 bridgehead atoms. The molecule has 1 aliphatic carbocycles. The second kappa shape index (κ2) is 9.19. The van der Waals surface area contributed by atoms with Crippen molar-refractivity contribution in [3.05, 3.63) is 90.1 Å². The molecule has 3 aromatic carbocycles. The zero-order valence-electron chi connectivity index (χ0n) is 18.8. The molecule has 0 fully saturated rings. The van der Waals surface area contributed by atoms with E-state index >= 15 is 0 Å². The third-order valence-electron chi connectivity index (χ3n) is 6.34. The maximum atomic E-state index is 12.2. The number of aryl methyl sites for hydroxylation is 1. The van der Waals surface area contributed by atoms with Crippen LogP contribution in [0.25, 0.3) is 27.8 Å². The molecule has 1 atom stereocenters. The molecular formula is C28H25BeN2O2+. The molecular weight excluding hydrogens is 405 g/mol. The Bertz CT molecular complexity index is 1410. The van der Waals surface area contributed by atoms with E-state index in [1.165, 1.54) is 11.1 Å². The Morgan fingerprint density at radius 1 is 1.09 bits per heavy atom. The first kappa shape index (κ1) is 22.7. The van der Waals surface area contributed by atoms with E-state index in [0.717, 1.165) is 51.3 Å². The van der Waals surface area contributed by atoms with Crippen molar-refractivity contribution in [3.63, 3.8) is 0 Å². The van der Waals surface area contributed by atoms with E-state index in [9.17, 15) is 10.2 Å². The summed E-state index contributed by atoms with van der Waals surface area (Å²) < 4.78 is 1.90. The average molecular weight is 431 g/mol. The summed E-state index contributed by atoms with van der Waals surface area (Å²) in [6, 6.07) is 15.4. The number of pyridine rings is 1. The Hall–Kier alpha value is -3.46. The smallest absolute Gasteiger partial charge is 0.872 e. The predicted octanol–water partition coefficient (Wildman–Crippen LogP) is 3.77. The van der Waals surface area contributed by atoms with Crippen LogP contribution in [0, 0.1) is 14.0 Å². The largest absolute Gasteiger partial charge is 2.00 e. The van der Waals surface area contributed by atoms with Crippen molar-refractivity contribution in [3.8, 4) is 5.75 Å². The normalized spacial score (nSPS) is 16.2. The van der Waals surface area contributed by atoms with Gasteiger partial charge in [-0.25, -0.2) is 4.98 Å². The van der Waals surface area contributed by atoms with Crippen LogP contribution >= 0.6 is 0 Å². The van der Waals surface area contributed by atoms with Gasteiger partial charge in [-0.15, -0.1) is 6.10 Å². The molecule has 2 aliphatic rings. The molecule has 0 radical (unpaired) electrons. The molecule has 1 unspecified atom stereocenters.